The number of likely N-dealkylation sites (N-methyl/N-ethyl adjacent to an activating group) is 1. The molecule has 1 saturated carbocycles. The number of carbonyl (C=O) groups is 1. The van der Waals surface area contributed by atoms with Crippen LogP contribution in [0.3, 0.4) is 0 Å². The molecule has 0 aliphatic heterocycles. The molecule has 0 saturated heterocycles. The van der Waals surface area contributed by atoms with Crippen LogP contribution in [0.4, 0.5) is 0 Å². The number of nitrogens with one attached hydrogen (secondary N) is 1. The number of hydrogen-bond acceptors (Lipinski definition) is 3. The minimum atomic E-state index is 0.0845. The van der Waals surface area contributed by atoms with Gasteiger partial charge in [0.2, 0.25) is 0 Å². The summed E-state index contributed by atoms with van der Waals surface area (Å²) in [5, 5.41) is 3.37. The van der Waals surface area contributed by atoms with E-state index in [-0.39, 0.29) is 5.91 Å². The third-order valence-electron chi connectivity index (χ3n) is 4.90. The van der Waals surface area contributed by atoms with Crippen LogP contribution in [0.5, 0.6) is 0 Å². The van der Waals surface area contributed by atoms with Gasteiger partial charge in [-0.3, -0.25) is 9.79 Å². The molecule has 0 aromatic heterocycles. The molecule has 1 amide bonds. The summed E-state index contributed by atoms with van der Waals surface area (Å²) in [7, 11) is 3.80. The first-order valence-electron chi connectivity index (χ1n) is 9.96. The molecule has 0 spiro atoms. The average molecular weight is 375 g/mol. The van der Waals surface area contributed by atoms with Crippen LogP contribution in [0.2, 0.25) is 0 Å². The van der Waals surface area contributed by atoms with Crippen molar-refractivity contribution >= 4 is 11.9 Å². The molecule has 1 aromatic rings. The molecule has 1 fully saturated rings. The number of ether oxygens (including phenoxy) is 1. The van der Waals surface area contributed by atoms with Crippen molar-refractivity contribution in [2.45, 2.75) is 33.2 Å². The summed E-state index contributed by atoms with van der Waals surface area (Å²) >= 11 is 0. The molecule has 27 heavy (non-hydrogen) atoms. The van der Waals surface area contributed by atoms with Gasteiger partial charge < -0.3 is 19.9 Å². The highest BCUT2D eigenvalue weighted by Crippen LogP contribution is 2.28. The molecule has 1 aliphatic carbocycles. The number of nitrogens with zero attached hydrogens (tertiary/aromatic N) is 3. The quantitative estimate of drug-likeness (QED) is 0.389. The number of amides is 1. The SMILES string of the molecule is CCN(CC)C(=O)c1ccc(CNC(=NC)N(C)CCOCC2CC2)cc1. The van der Waals surface area contributed by atoms with Gasteiger partial charge in [0, 0.05) is 52.4 Å². The molecular formula is C21H34N4O2. The van der Waals surface area contributed by atoms with Gasteiger partial charge in [0.05, 0.1) is 6.61 Å². The van der Waals surface area contributed by atoms with Gasteiger partial charge in [-0.15, -0.1) is 0 Å². The fourth-order valence-corrected chi connectivity index (χ4v) is 2.87. The van der Waals surface area contributed by atoms with Crippen molar-refractivity contribution in [2.24, 2.45) is 10.9 Å². The maximum absolute atomic E-state index is 12.4. The van der Waals surface area contributed by atoms with Gasteiger partial charge in [-0.05, 0) is 50.3 Å². The number of benzene rings is 1. The van der Waals surface area contributed by atoms with E-state index in [4.69, 9.17) is 4.74 Å². The van der Waals surface area contributed by atoms with E-state index in [2.05, 4.69) is 15.2 Å². The predicted octanol–water partition coefficient (Wildman–Crippen LogP) is 2.60. The molecule has 0 unspecified atom stereocenters. The van der Waals surface area contributed by atoms with E-state index in [1.54, 1.807) is 7.05 Å². The van der Waals surface area contributed by atoms with E-state index in [0.717, 1.165) is 55.9 Å². The topological polar surface area (TPSA) is 57.2 Å². The van der Waals surface area contributed by atoms with E-state index in [0.29, 0.717) is 6.54 Å². The summed E-state index contributed by atoms with van der Waals surface area (Å²) in [6.07, 6.45) is 2.64. The fourth-order valence-electron chi connectivity index (χ4n) is 2.87. The molecule has 0 heterocycles. The minimum Gasteiger partial charge on any atom is -0.379 e. The largest absolute Gasteiger partial charge is 0.379 e. The van der Waals surface area contributed by atoms with Crippen molar-refractivity contribution in [3.8, 4) is 0 Å². The van der Waals surface area contributed by atoms with Crippen molar-refractivity contribution in [1.29, 1.82) is 0 Å². The van der Waals surface area contributed by atoms with Gasteiger partial charge in [0.15, 0.2) is 5.96 Å². The molecule has 6 nitrogen and oxygen atoms in total. The van der Waals surface area contributed by atoms with E-state index in [1.165, 1.54) is 12.8 Å². The Kier molecular flexibility index (Phi) is 8.58. The monoisotopic (exact) mass is 374 g/mol. The molecule has 0 atom stereocenters. The lowest BCUT2D eigenvalue weighted by Crippen LogP contribution is -2.40. The Balaban J connectivity index is 1.78. The second-order valence-corrected chi connectivity index (χ2v) is 7.01. The Morgan fingerprint density at radius 1 is 1.22 bits per heavy atom. The molecule has 0 radical (unpaired) electrons. The molecule has 150 valence electrons. The number of aliphatic imine (C=N–C) groups is 1. The van der Waals surface area contributed by atoms with Crippen LogP contribution in [0.1, 0.15) is 42.6 Å². The maximum Gasteiger partial charge on any atom is 0.253 e. The zero-order chi connectivity index (χ0) is 19.6. The molecule has 0 bridgehead atoms. The highest BCUT2D eigenvalue weighted by Gasteiger charge is 2.21. The number of hydrogen-bond donors (Lipinski definition) is 1. The van der Waals surface area contributed by atoms with Crippen LogP contribution < -0.4 is 5.32 Å². The first-order chi connectivity index (χ1) is 13.1. The van der Waals surface area contributed by atoms with Crippen LogP contribution in [0.25, 0.3) is 0 Å². The van der Waals surface area contributed by atoms with Gasteiger partial charge in [-0.1, -0.05) is 12.1 Å². The first kappa shape index (κ1) is 21.2. The standard InChI is InChI=1S/C21H34N4O2/c1-5-25(6-2)20(26)19-11-9-17(10-12-19)15-23-21(22-3)24(4)13-14-27-16-18-7-8-18/h9-12,18H,5-8,13-16H2,1-4H3,(H,22,23). The van der Waals surface area contributed by atoms with Crippen molar-refractivity contribution in [1.82, 2.24) is 15.1 Å². The minimum absolute atomic E-state index is 0.0845. The van der Waals surface area contributed by atoms with Gasteiger partial charge >= 0.3 is 0 Å². The average Bonchev–Trinajstić information content (AvgIpc) is 3.51. The van der Waals surface area contributed by atoms with Gasteiger partial charge in [0.1, 0.15) is 0 Å². The van der Waals surface area contributed by atoms with Crippen molar-refractivity contribution in [3.05, 3.63) is 35.4 Å². The Morgan fingerprint density at radius 2 is 1.89 bits per heavy atom. The van der Waals surface area contributed by atoms with Gasteiger partial charge in [-0.25, -0.2) is 0 Å². The van der Waals surface area contributed by atoms with Crippen molar-refractivity contribution in [2.75, 3.05) is 46.9 Å². The summed E-state index contributed by atoms with van der Waals surface area (Å²) < 4.78 is 5.70. The lowest BCUT2D eigenvalue weighted by molar-refractivity contribution is 0.0773. The van der Waals surface area contributed by atoms with E-state index >= 15 is 0 Å². The summed E-state index contributed by atoms with van der Waals surface area (Å²) in [5.41, 5.74) is 1.85. The Labute approximate surface area is 163 Å². The van der Waals surface area contributed by atoms with E-state index < -0.39 is 0 Å². The Hall–Kier alpha value is -2.08. The fraction of sp³-hybridized carbons (Fsp3) is 0.619. The molecule has 1 N–H and O–H groups in total. The van der Waals surface area contributed by atoms with Crippen LogP contribution in [0.15, 0.2) is 29.3 Å². The lowest BCUT2D eigenvalue weighted by atomic mass is 10.1. The van der Waals surface area contributed by atoms with Crippen LogP contribution in [-0.4, -0.2) is 68.6 Å². The Morgan fingerprint density at radius 3 is 2.44 bits per heavy atom. The number of rotatable bonds is 10. The lowest BCUT2D eigenvalue weighted by Gasteiger charge is -2.22. The van der Waals surface area contributed by atoms with Gasteiger partial charge in [-0.2, -0.15) is 0 Å². The van der Waals surface area contributed by atoms with Crippen LogP contribution in [-0.2, 0) is 11.3 Å². The van der Waals surface area contributed by atoms with Gasteiger partial charge in [0.25, 0.3) is 5.91 Å². The highest BCUT2D eigenvalue weighted by molar-refractivity contribution is 5.94. The number of guanidine groups is 1. The second kappa shape index (κ2) is 10.9. The summed E-state index contributed by atoms with van der Waals surface area (Å²) in [4.78, 5) is 20.6. The molecule has 2 rings (SSSR count). The zero-order valence-corrected chi connectivity index (χ0v) is 17.2. The summed E-state index contributed by atoms with van der Waals surface area (Å²) in [5.74, 6) is 1.72. The summed E-state index contributed by atoms with van der Waals surface area (Å²) in [6, 6.07) is 7.79. The zero-order valence-electron chi connectivity index (χ0n) is 17.2. The normalized spacial score (nSPS) is 14.1. The van der Waals surface area contributed by atoms with Crippen LogP contribution in [0, 0.1) is 5.92 Å². The van der Waals surface area contributed by atoms with E-state index in [9.17, 15) is 4.79 Å². The molecular weight excluding hydrogens is 340 g/mol. The third-order valence-corrected chi connectivity index (χ3v) is 4.90. The number of carbonyl (C=O) groups excluding carboxylic acids is 1. The molecule has 1 aromatic carbocycles. The molecule has 6 heteroatoms. The summed E-state index contributed by atoms with van der Waals surface area (Å²) in [6.45, 7) is 8.53. The first-order valence-corrected chi connectivity index (χ1v) is 9.96. The maximum atomic E-state index is 12.4. The second-order valence-electron chi connectivity index (χ2n) is 7.01. The smallest absolute Gasteiger partial charge is 0.253 e. The van der Waals surface area contributed by atoms with Crippen molar-refractivity contribution < 1.29 is 9.53 Å². The Bertz CT molecular complexity index is 607. The highest BCUT2D eigenvalue weighted by atomic mass is 16.5. The van der Waals surface area contributed by atoms with Crippen LogP contribution >= 0.6 is 0 Å². The third kappa shape index (κ3) is 6.86. The predicted molar refractivity (Wildman–Crippen MR) is 110 cm³/mol. The molecule has 1 aliphatic rings. The van der Waals surface area contributed by atoms with E-state index in [1.807, 2.05) is 50.1 Å². The van der Waals surface area contributed by atoms with Crippen molar-refractivity contribution in [3.63, 3.8) is 0 Å².